The topological polar surface area (TPSA) is 72.9 Å². The molecule has 1 saturated heterocycles. The summed E-state index contributed by atoms with van der Waals surface area (Å²) in [6.45, 7) is 1.93. The van der Waals surface area contributed by atoms with Crippen LogP contribution in [0.2, 0.25) is 0 Å². The van der Waals surface area contributed by atoms with Crippen LogP contribution in [0.3, 0.4) is 0 Å². The van der Waals surface area contributed by atoms with Crippen LogP contribution in [0.25, 0.3) is 0 Å². The molecule has 2 atom stereocenters. The van der Waals surface area contributed by atoms with Gasteiger partial charge in [0.05, 0.1) is 11.7 Å². The van der Waals surface area contributed by atoms with E-state index in [0.717, 1.165) is 17.7 Å². The highest BCUT2D eigenvalue weighted by Crippen LogP contribution is 2.24. The number of nitrogens with one attached hydrogen (secondary N) is 1. The predicted molar refractivity (Wildman–Crippen MR) is 56.0 cm³/mol. The number of piperidine rings is 1. The molecule has 1 amide bonds. The smallest absolute Gasteiger partial charge is 0.220 e. The van der Waals surface area contributed by atoms with Crippen molar-refractivity contribution in [3.63, 3.8) is 0 Å². The Labute approximate surface area is 88.6 Å². The fourth-order valence-corrected chi connectivity index (χ4v) is 2.05. The molecule has 82 valence electrons. The highest BCUT2D eigenvalue weighted by atomic mass is 16.1. The minimum Gasteiger partial charge on any atom is -0.348 e. The maximum atomic E-state index is 11.3. The second kappa shape index (κ2) is 3.66. The molecule has 0 aliphatic carbocycles. The lowest BCUT2D eigenvalue weighted by Gasteiger charge is -2.29. The quantitative estimate of drug-likeness (QED) is 0.682. The number of hydrogen-bond donors (Lipinski definition) is 2. The Bertz CT molecular complexity index is 385. The van der Waals surface area contributed by atoms with Gasteiger partial charge in [0.2, 0.25) is 5.91 Å². The van der Waals surface area contributed by atoms with Crippen molar-refractivity contribution in [2.24, 2.45) is 12.8 Å². The molecule has 15 heavy (non-hydrogen) atoms. The van der Waals surface area contributed by atoms with Crippen molar-refractivity contribution < 1.29 is 4.79 Å². The Kier molecular flexibility index (Phi) is 2.48. The van der Waals surface area contributed by atoms with Gasteiger partial charge in [-0.2, -0.15) is 5.10 Å². The van der Waals surface area contributed by atoms with Gasteiger partial charge in [-0.05, 0) is 13.3 Å². The number of nitrogens with zero attached hydrogens (tertiary/aromatic N) is 2. The normalized spacial score (nSPS) is 26.5. The van der Waals surface area contributed by atoms with E-state index >= 15 is 0 Å². The zero-order chi connectivity index (χ0) is 11.0. The highest BCUT2D eigenvalue weighted by Gasteiger charge is 2.29. The van der Waals surface area contributed by atoms with Gasteiger partial charge < -0.3 is 11.1 Å². The lowest BCUT2D eigenvalue weighted by Crippen LogP contribution is -2.45. The van der Waals surface area contributed by atoms with Crippen LogP contribution in [0.1, 0.15) is 30.1 Å². The van der Waals surface area contributed by atoms with Crippen molar-refractivity contribution in [3.05, 3.63) is 17.5 Å². The zero-order valence-corrected chi connectivity index (χ0v) is 9.03. The Hall–Kier alpha value is -1.36. The third-order valence-electron chi connectivity index (χ3n) is 2.84. The SMILES string of the molecule is Cc1nn(C)cc1C1NC(=O)CCC1N. The van der Waals surface area contributed by atoms with Crippen molar-refractivity contribution in [1.29, 1.82) is 0 Å². The monoisotopic (exact) mass is 208 g/mol. The fourth-order valence-electron chi connectivity index (χ4n) is 2.05. The number of hydrogen-bond acceptors (Lipinski definition) is 3. The van der Waals surface area contributed by atoms with Crippen LogP contribution in [0, 0.1) is 6.92 Å². The Morgan fingerprint density at radius 2 is 2.40 bits per heavy atom. The van der Waals surface area contributed by atoms with E-state index in [1.54, 1.807) is 4.68 Å². The Balaban J connectivity index is 2.28. The molecule has 3 N–H and O–H groups in total. The highest BCUT2D eigenvalue weighted by molar-refractivity contribution is 5.77. The van der Waals surface area contributed by atoms with Gasteiger partial charge in [-0.25, -0.2) is 0 Å². The molecule has 1 aliphatic rings. The standard InChI is InChI=1S/C10H16N4O/c1-6-7(5-14(2)13-6)10-8(11)3-4-9(15)12-10/h5,8,10H,3-4,11H2,1-2H3,(H,12,15). The summed E-state index contributed by atoms with van der Waals surface area (Å²) in [5.41, 5.74) is 7.96. The summed E-state index contributed by atoms with van der Waals surface area (Å²) < 4.78 is 1.75. The average molecular weight is 208 g/mol. The molecule has 1 aliphatic heterocycles. The van der Waals surface area contributed by atoms with Crippen LogP contribution in [0.4, 0.5) is 0 Å². The third-order valence-corrected chi connectivity index (χ3v) is 2.84. The summed E-state index contributed by atoms with van der Waals surface area (Å²) in [5, 5.41) is 7.17. The van der Waals surface area contributed by atoms with Gasteiger partial charge in [0.25, 0.3) is 0 Å². The van der Waals surface area contributed by atoms with Gasteiger partial charge in [0.15, 0.2) is 0 Å². The fraction of sp³-hybridized carbons (Fsp3) is 0.600. The van der Waals surface area contributed by atoms with E-state index in [1.807, 2.05) is 20.2 Å². The number of carbonyl (C=O) groups is 1. The average Bonchev–Trinajstić information content (AvgIpc) is 2.50. The molecule has 5 nitrogen and oxygen atoms in total. The van der Waals surface area contributed by atoms with Gasteiger partial charge >= 0.3 is 0 Å². The van der Waals surface area contributed by atoms with E-state index < -0.39 is 0 Å². The van der Waals surface area contributed by atoms with Crippen molar-refractivity contribution in [2.75, 3.05) is 0 Å². The molecule has 0 spiro atoms. The van der Waals surface area contributed by atoms with Crippen LogP contribution < -0.4 is 11.1 Å². The first-order valence-corrected chi connectivity index (χ1v) is 5.13. The summed E-state index contributed by atoms with van der Waals surface area (Å²) >= 11 is 0. The molecule has 1 aromatic rings. The number of nitrogens with two attached hydrogens (primary N) is 1. The maximum Gasteiger partial charge on any atom is 0.220 e. The van der Waals surface area contributed by atoms with Crippen molar-refractivity contribution in [3.8, 4) is 0 Å². The third kappa shape index (κ3) is 1.87. The largest absolute Gasteiger partial charge is 0.348 e. The number of amides is 1. The molecule has 2 unspecified atom stereocenters. The summed E-state index contributed by atoms with van der Waals surface area (Å²) in [7, 11) is 1.87. The van der Waals surface area contributed by atoms with Gasteiger partial charge in [0, 0.05) is 31.3 Å². The Morgan fingerprint density at radius 1 is 1.67 bits per heavy atom. The molecule has 0 aromatic carbocycles. The van der Waals surface area contributed by atoms with Gasteiger partial charge in [0.1, 0.15) is 0 Å². The van der Waals surface area contributed by atoms with E-state index in [-0.39, 0.29) is 18.0 Å². The van der Waals surface area contributed by atoms with Crippen molar-refractivity contribution in [1.82, 2.24) is 15.1 Å². The minimum atomic E-state index is -0.0834. The molecule has 2 heterocycles. The van der Waals surface area contributed by atoms with Gasteiger partial charge in [-0.1, -0.05) is 0 Å². The molecule has 5 heteroatoms. The lowest BCUT2D eigenvalue weighted by molar-refractivity contribution is -0.123. The summed E-state index contributed by atoms with van der Waals surface area (Å²) in [4.78, 5) is 11.3. The summed E-state index contributed by atoms with van der Waals surface area (Å²) in [5.74, 6) is 0.0740. The number of rotatable bonds is 1. The molecular formula is C10H16N4O. The van der Waals surface area contributed by atoms with Crippen LogP contribution in [0.5, 0.6) is 0 Å². The molecule has 0 radical (unpaired) electrons. The van der Waals surface area contributed by atoms with Gasteiger partial charge in [-0.3, -0.25) is 9.48 Å². The van der Waals surface area contributed by atoms with Crippen LogP contribution >= 0.6 is 0 Å². The molecular weight excluding hydrogens is 192 g/mol. The summed E-state index contributed by atoms with van der Waals surface area (Å²) in [6, 6.07) is -0.0921. The zero-order valence-electron chi connectivity index (χ0n) is 9.03. The molecule has 1 aromatic heterocycles. The minimum absolute atomic E-state index is 0.00870. The van der Waals surface area contributed by atoms with E-state index in [0.29, 0.717) is 6.42 Å². The number of aryl methyl sites for hydroxylation is 2. The first-order valence-electron chi connectivity index (χ1n) is 5.13. The number of carbonyl (C=O) groups excluding carboxylic acids is 1. The number of aromatic nitrogens is 2. The molecule has 0 bridgehead atoms. The second-order valence-electron chi connectivity index (χ2n) is 4.09. The lowest BCUT2D eigenvalue weighted by atomic mass is 9.93. The molecule has 2 rings (SSSR count). The van der Waals surface area contributed by atoms with E-state index in [2.05, 4.69) is 10.4 Å². The second-order valence-corrected chi connectivity index (χ2v) is 4.09. The first kappa shape index (κ1) is 10.2. The molecule has 0 saturated carbocycles. The van der Waals surface area contributed by atoms with E-state index in [4.69, 9.17) is 5.73 Å². The Morgan fingerprint density at radius 3 is 3.00 bits per heavy atom. The van der Waals surface area contributed by atoms with Crippen molar-refractivity contribution in [2.45, 2.75) is 31.8 Å². The van der Waals surface area contributed by atoms with Gasteiger partial charge in [-0.15, -0.1) is 0 Å². The summed E-state index contributed by atoms with van der Waals surface area (Å²) in [6.07, 6.45) is 3.19. The first-order chi connectivity index (χ1) is 7.08. The van der Waals surface area contributed by atoms with Crippen LogP contribution in [0.15, 0.2) is 6.20 Å². The molecule has 1 fully saturated rings. The van der Waals surface area contributed by atoms with Crippen LogP contribution in [-0.2, 0) is 11.8 Å². The van der Waals surface area contributed by atoms with Crippen LogP contribution in [-0.4, -0.2) is 21.7 Å². The van der Waals surface area contributed by atoms with Crippen molar-refractivity contribution >= 4 is 5.91 Å². The maximum absolute atomic E-state index is 11.3. The van der Waals surface area contributed by atoms with E-state index in [1.165, 1.54) is 0 Å². The van der Waals surface area contributed by atoms with E-state index in [9.17, 15) is 4.79 Å². The predicted octanol–water partition coefficient (Wildman–Crippen LogP) is 0.00692.